The molecule has 10 heteroatoms. The highest BCUT2D eigenvalue weighted by Crippen LogP contribution is 2.36. The normalized spacial score (nSPS) is 16.1. The summed E-state index contributed by atoms with van der Waals surface area (Å²) in [5.74, 6) is 1.54. The molecule has 2 aromatic carbocycles. The third kappa shape index (κ3) is 4.51. The molecule has 0 radical (unpaired) electrons. The number of morpholine rings is 1. The van der Waals surface area contributed by atoms with E-state index in [1.165, 1.54) is 11.8 Å². The number of nitrogens with one attached hydrogen (secondary N) is 1. The van der Waals surface area contributed by atoms with Crippen molar-refractivity contribution in [2.75, 3.05) is 43.3 Å². The van der Waals surface area contributed by atoms with Gasteiger partial charge in [-0.3, -0.25) is 4.79 Å². The Morgan fingerprint density at radius 2 is 1.84 bits per heavy atom. The van der Waals surface area contributed by atoms with Crippen molar-refractivity contribution in [1.82, 2.24) is 10.2 Å². The lowest BCUT2D eigenvalue weighted by molar-refractivity contribution is -0.115. The minimum Gasteiger partial charge on any atom is -0.454 e. The van der Waals surface area contributed by atoms with E-state index < -0.39 is 5.25 Å². The molecule has 1 atom stereocenters. The van der Waals surface area contributed by atoms with Crippen LogP contribution in [0.5, 0.6) is 11.5 Å². The lowest BCUT2D eigenvalue weighted by Crippen LogP contribution is -2.36. The summed E-state index contributed by atoms with van der Waals surface area (Å²) in [5.41, 5.74) is 2.59. The number of carbonyl (C=O) groups is 1. The Morgan fingerprint density at radius 3 is 2.66 bits per heavy atom. The molecule has 0 aliphatic carbocycles. The van der Waals surface area contributed by atoms with Gasteiger partial charge in [0.15, 0.2) is 11.5 Å². The Balaban J connectivity index is 1.18. The van der Waals surface area contributed by atoms with Crippen molar-refractivity contribution in [2.24, 2.45) is 0 Å². The number of thioether (sulfide) groups is 1. The molecule has 3 aromatic rings. The van der Waals surface area contributed by atoms with Gasteiger partial charge in [-0.2, -0.15) is 0 Å². The predicted octanol–water partition coefficient (Wildman–Crippen LogP) is 3.42. The van der Waals surface area contributed by atoms with Crippen LogP contribution in [0.1, 0.15) is 6.92 Å². The van der Waals surface area contributed by atoms with Gasteiger partial charge >= 0.3 is 0 Å². The van der Waals surface area contributed by atoms with Crippen LogP contribution in [-0.4, -0.2) is 54.5 Å². The van der Waals surface area contributed by atoms with Crippen molar-refractivity contribution in [2.45, 2.75) is 17.4 Å². The van der Waals surface area contributed by atoms with E-state index in [1.807, 2.05) is 30.3 Å². The summed E-state index contributed by atoms with van der Waals surface area (Å²) in [6, 6.07) is 13.3. The summed E-state index contributed by atoms with van der Waals surface area (Å²) in [6.07, 6.45) is 0. The van der Waals surface area contributed by atoms with Crippen molar-refractivity contribution in [3.8, 4) is 23.0 Å². The summed E-state index contributed by atoms with van der Waals surface area (Å²) < 4.78 is 21.8. The number of benzene rings is 2. The summed E-state index contributed by atoms with van der Waals surface area (Å²) in [4.78, 5) is 14.9. The van der Waals surface area contributed by atoms with Gasteiger partial charge in [0.25, 0.3) is 5.22 Å². The Hall–Kier alpha value is -3.24. The molecule has 9 nitrogen and oxygen atoms in total. The monoisotopic (exact) mass is 454 g/mol. The first kappa shape index (κ1) is 20.7. The van der Waals surface area contributed by atoms with Gasteiger partial charge < -0.3 is 28.8 Å². The SMILES string of the molecule is CC(Sc1nnc(-c2ccc3c(c2)OCO3)o1)C(=O)Nc1ccc(N2CCOCC2)cc1. The molecule has 1 unspecified atom stereocenters. The summed E-state index contributed by atoms with van der Waals surface area (Å²) >= 11 is 1.21. The van der Waals surface area contributed by atoms with E-state index >= 15 is 0 Å². The molecule has 2 aliphatic rings. The van der Waals surface area contributed by atoms with E-state index in [9.17, 15) is 4.79 Å². The molecule has 32 heavy (non-hydrogen) atoms. The molecule has 1 fully saturated rings. The predicted molar refractivity (Wildman–Crippen MR) is 119 cm³/mol. The maximum Gasteiger partial charge on any atom is 0.277 e. The molecular weight excluding hydrogens is 432 g/mol. The third-order valence-corrected chi connectivity index (χ3v) is 6.12. The van der Waals surface area contributed by atoms with E-state index in [1.54, 1.807) is 19.1 Å². The number of hydrogen-bond acceptors (Lipinski definition) is 9. The van der Waals surface area contributed by atoms with Gasteiger partial charge in [-0.05, 0) is 49.4 Å². The van der Waals surface area contributed by atoms with Crippen LogP contribution in [0.15, 0.2) is 52.1 Å². The molecule has 2 aliphatic heterocycles. The summed E-state index contributed by atoms with van der Waals surface area (Å²) in [7, 11) is 0. The molecule has 5 rings (SSSR count). The Labute approximate surface area is 189 Å². The van der Waals surface area contributed by atoms with Crippen molar-refractivity contribution < 1.29 is 23.4 Å². The van der Waals surface area contributed by atoms with Gasteiger partial charge in [0.05, 0.1) is 18.5 Å². The van der Waals surface area contributed by atoms with Crippen molar-refractivity contribution in [3.05, 3.63) is 42.5 Å². The van der Waals surface area contributed by atoms with Crippen molar-refractivity contribution in [3.63, 3.8) is 0 Å². The first-order valence-electron chi connectivity index (χ1n) is 10.3. The molecule has 0 bridgehead atoms. The second kappa shape index (κ2) is 9.09. The van der Waals surface area contributed by atoms with E-state index in [0.29, 0.717) is 22.6 Å². The molecule has 1 saturated heterocycles. The molecule has 3 heterocycles. The molecule has 1 aromatic heterocycles. The zero-order valence-corrected chi connectivity index (χ0v) is 18.3. The number of aromatic nitrogens is 2. The molecule has 1 amide bonds. The highest BCUT2D eigenvalue weighted by atomic mass is 32.2. The highest BCUT2D eigenvalue weighted by Gasteiger charge is 2.21. The second-order valence-electron chi connectivity index (χ2n) is 7.34. The number of nitrogens with zero attached hydrogens (tertiary/aromatic N) is 3. The Kier molecular flexibility index (Phi) is 5.87. The largest absolute Gasteiger partial charge is 0.454 e. The number of anilines is 2. The standard InChI is InChI=1S/C22H22N4O5S/c1-14(20(27)23-16-3-5-17(6-4-16)26-8-10-28-11-9-26)32-22-25-24-21(31-22)15-2-7-18-19(12-15)30-13-29-18/h2-7,12,14H,8-11,13H2,1H3,(H,23,27). The number of rotatable bonds is 6. The number of hydrogen-bond donors (Lipinski definition) is 1. The van der Waals surface area contributed by atoms with Crippen LogP contribution in [0.25, 0.3) is 11.5 Å². The maximum atomic E-state index is 12.6. The molecule has 166 valence electrons. The van der Waals surface area contributed by atoms with E-state index in [2.05, 4.69) is 20.4 Å². The van der Waals surface area contributed by atoms with Crippen LogP contribution in [0.3, 0.4) is 0 Å². The molecule has 0 saturated carbocycles. The molecule has 1 N–H and O–H groups in total. The fourth-order valence-corrected chi connectivity index (χ4v) is 4.11. The average Bonchev–Trinajstić information content (AvgIpc) is 3.49. The molecular formula is C22H22N4O5S. The van der Waals surface area contributed by atoms with Crippen molar-refractivity contribution >= 4 is 29.0 Å². The topological polar surface area (TPSA) is 99.0 Å². The average molecular weight is 455 g/mol. The van der Waals surface area contributed by atoms with Crippen LogP contribution in [0, 0.1) is 0 Å². The van der Waals surface area contributed by atoms with Gasteiger partial charge in [-0.1, -0.05) is 11.8 Å². The van der Waals surface area contributed by atoms with E-state index in [-0.39, 0.29) is 12.7 Å². The Morgan fingerprint density at radius 1 is 1.06 bits per heavy atom. The zero-order valence-electron chi connectivity index (χ0n) is 17.4. The number of amides is 1. The van der Waals surface area contributed by atoms with E-state index in [0.717, 1.165) is 43.2 Å². The fourth-order valence-electron chi connectivity index (χ4n) is 3.43. The second-order valence-corrected chi connectivity index (χ2v) is 8.63. The minimum absolute atomic E-state index is 0.142. The number of fused-ring (bicyclic) bond motifs is 1. The fraction of sp³-hybridized carbons (Fsp3) is 0.318. The zero-order chi connectivity index (χ0) is 21.9. The van der Waals surface area contributed by atoms with E-state index in [4.69, 9.17) is 18.6 Å². The first-order valence-corrected chi connectivity index (χ1v) is 11.2. The van der Waals surface area contributed by atoms with Crippen LogP contribution in [0.2, 0.25) is 0 Å². The first-order chi connectivity index (χ1) is 15.7. The number of carbonyl (C=O) groups excluding carboxylic acids is 1. The lowest BCUT2D eigenvalue weighted by atomic mass is 10.2. The van der Waals surface area contributed by atoms with Crippen LogP contribution < -0.4 is 19.7 Å². The van der Waals surface area contributed by atoms with Gasteiger partial charge in [0, 0.05) is 30.0 Å². The van der Waals surface area contributed by atoms with Gasteiger partial charge in [0.1, 0.15) is 0 Å². The van der Waals surface area contributed by atoms with Gasteiger partial charge in [0.2, 0.25) is 18.6 Å². The van der Waals surface area contributed by atoms with Crippen molar-refractivity contribution in [1.29, 1.82) is 0 Å². The minimum atomic E-state index is -0.418. The maximum absolute atomic E-state index is 12.6. The third-order valence-electron chi connectivity index (χ3n) is 5.18. The number of ether oxygens (including phenoxy) is 3. The highest BCUT2D eigenvalue weighted by molar-refractivity contribution is 8.00. The Bertz CT molecular complexity index is 1100. The van der Waals surface area contributed by atoms with Crippen LogP contribution in [-0.2, 0) is 9.53 Å². The van der Waals surface area contributed by atoms with Gasteiger partial charge in [-0.25, -0.2) is 0 Å². The van der Waals surface area contributed by atoms with Crippen LogP contribution in [0.4, 0.5) is 11.4 Å². The molecule has 0 spiro atoms. The van der Waals surface area contributed by atoms with Gasteiger partial charge in [-0.15, -0.1) is 10.2 Å². The summed E-state index contributed by atoms with van der Waals surface area (Å²) in [5, 5.41) is 11.0. The summed E-state index contributed by atoms with van der Waals surface area (Å²) in [6.45, 7) is 5.22. The quantitative estimate of drug-likeness (QED) is 0.562. The van der Waals surface area contributed by atoms with Crippen LogP contribution >= 0.6 is 11.8 Å². The lowest BCUT2D eigenvalue weighted by Gasteiger charge is -2.28. The smallest absolute Gasteiger partial charge is 0.277 e.